The van der Waals surface area contributed by atoms with Crippen LogP contribution in [-0.4, -0.2) is 68.6 Å². The van der Waals surface area contributed by atoms with E-state index < -0.39 is 35.8 Å². The van der Waals surface area contributed by atoms with E-state index >= 15 is 0 Å². The van der Waals surface area contributed by atoms with Crippen LogP contribution in [0.3, 0.4) is 0 Å². The summed E-state index contributed by atoms with van der Waals surface area (Å²) in [6.07, 6.45) is -0.630. The van der Waals surface area contributed by atoms with Gasteiger partial charge in [0.1, 0.15) is 10.6 Å². The summed E-state index contributed by atoms with van der Waals surface area (Å²) in [5.41, 5.74) is 0.827. The SMILES string of the molecule is CC(=O)OC(CC(C(C)C)N(CCCN1Cc2ccccc2C1=O)C(=O)OC(C)(C)C)c1nc(C(=O)O)cs1. The minimum absolute atomic E-state index is 0.0252. The third kappa shape index (κ3) is 8.01. The number of rotatable bonds is 11. The van der Waals surface area contributed by atoms with Crippen LogP contribution >= 0.6 is 11.3 Å². The zero-order chi connectivity index (χ0) is 28.9. The molecule has 10 nitrogen and oxygen atoms in total. The van der Waals surface area contributed by atoms with Crippen molar-refractivity contribution in [2.24, 2.45) is 5.92 Å². The fourth-order valence-electron chi connectivity index (χ4n) is 4.55. The second-order valence-electron chi connectivity index (χ2n) is 10.9. The van der Waals surface area contributed by atoms with Crippen molar-refractivity contribution in [3.63, 3.8) is 0 Å². The highest BCUT2D eigenvalue weighted by Crippen LogP contribution is 2.32. The summed E-state index contributed by atoms with van der Waals surface area (Å²) in [6.45, 7) is 11.9. The summed E-state index contributed by atoms with van der Waals surface area (Å²) in [7, 11) is 0. The van der Waals surface area contributed by atoms with Crippen molar-refractivity contribution in [3.8, 4) is 0 Å². The number of aromatic carboxylic acids is 1. The van der Waals surface area contributed by atoms with Crippen LogP contribution in [0.1, 0.15) is 91.9 Å². The van der Waals surface area contributed by atoms with Crippen LogP contribution in [0.5, 0.6) is 0 Å². The van der Waals surface area contributed by atoms with E-state index in [1.807, 2.05) is 38.1 Å². The minimum atomic E-state index is -1.17. The predicted molar refractivity (Wildman–Crippen MR) is 146 cm³/mol. The molecule has 0 saturated carbocycles. The number of carbonyl (C=O) groups is 4. The zero-order valence-corrected chi connectivity index (χ0v) is 24.1. The average Bonchev–Trinajstić information content (AvgIpc) is 3.44. The van der Waals surface area contributed by atoms with E-state index in [1.54, 1.807) is 30.6 Å². The second-order valence-corrected chi connectivity index (χ2v) is 11.8. The molecule has 1 aliphatic rings. The smallest absolute Gasteiger partial charge is 0.410 e. The van der Waals surface area contributed by atoms with Crippen LogP contribution in [0.15, 0.2) is 29.6 Å². The van der Waals surface area contributed by atoms with Crippen molar-refractivity contribution in [2.75, 3.05) is 13.1 Å². The number of hydrogen-bond acceptors (Lipinski definition) is 8. The fraction of sp³-hybridized carbons (Fsp3) is 0.536. The van der Waals surface area contributed by atoms with Crippen LogP contribution in [-0.2, 0) is 20.8 Å². The Morgan fingerprint density at radius 2 is 1.90 bits per heavy atom. The van der Waals surface area contributed by atoms with Gasteiger partial charge in [0.15, 0.2) is 11.8 Å². The van der Waals surface area contributed by atoms with Gasteiger partial charge in [0.2, 0.25) is 0 Å². The first-order valence-electron chi connectivity index (χ1n) is 13.0. The van der Waals surface area contributed by atoms with Gasteiger partial charge >= 0.3 is 18.0 Å². The van der Waals surface area contributed by atoms with Crippen molar-refractivity contribution in [1.29, 1.82) is 0 Å². The van der Waals surface area contributed by atoms with Crippen LogP contribution in [0.25, 0.3) is 0 Å². The molecule has 1 aliphatic heterocycles. The van der Waals surface area contributed by atoms with Gasteiger partial charge in [-0.25, -0.2) is 14.6 Å². The third-order valence-electron chi connectivity index (χ3n) is 6.30. The van der Waals surface area contributed by atoms with Gasteiger partial charge in [-0.1, -0.05) is 32.0 Å². The van der Waals surface area contributed by atoms with Crippen molar-refractivity contribution < 1.29 is 33.8 Å². The van der Waals surface area contributed by atoms with Gasteiger partial charge in [0, 0.05) is 50.0 Å². The lowest BCUT2D eigenvalue weighted by molar-refractivity contribution is -0.148. The summed E-state index contributed by atoms with van der Waals surface area (Å²) in [6, 6.07) is 7.10. The molecule has 2 atom stereocenters. The molecule has 39 heavy (non-hydrogen) atoms. The first-order valence-corrected chi connectivity index (χ1v) is 13.9. The van der Waals surface area contributed by atoms with Crippen LogP contribution in [0.2, 0.25) is 0 Å². The molecule has 0 fully saturated rings. The molecule has 2 aromatic rings. The molecule has 0 bridgehead atoms. The summed E-state index contributed by atoms with van der Waals surface area (Å²) in [5, 5.41) is 11.0. The molecular formula is C28H37N3O7S. The summed E-state index contributed by atoms with van der Waals surface area (Å²) < 4.78 is 11.3. The molecule has 2 heterocycles. The molecule has 1 aromatic heterocycles. The average molecular weight is 560 g/mol. The van der Waals surface area contributed by atoms with E-state index in [0.29, 0.717) is 36.6 Å². The van der Waals surface area contributed by atoms with E-state index in [1.165, 1.54) is 12.3 Å². The number of aromatic nitrogens is 1. The van der Waals surface area contributed by atoms with Crippen molar-refractivity contribution >= 4 is 35.3 Å². The maximum Gasteiger partial charge on any atom is 0.410 e. The maximum absolute atomic E-state index is 13.4. The van der Waals surface area contributed by atoms with Crippen molar-refractivity contribution in [3.05, 3.63) is 51.5 Å². The van der Waals surface area contributed by atoms with Gasteiger partial charge in [0.05, 0.1) is 0 Å². The van der Waals surface area contributed by atoms with Crippen LogP contribution in [0.4, 0.5) is 4.79 Å². The molecule has 0 spiro atoms. The molecule has 0 saturated heterocycles. The number of ether oxygens (including phenoxy) is 2. The van der Waals surface area contributed by atoms with E-state index in [0.717, 1.165) is 16.9 Å². The van der Waals surface area contributed by atoms with Gasteiger partial charge in [-0.3, -0.25) is 9.59 Å². The molecule has 11 heteroatoms. The normalized spacial score (nSPS) is 14.6. The molecule has 1 aromatic carbocycles. The number of amides is 2. The lowest BCUT2D eigenvalue weighted by atomic mass is 9.96. The lowest BCUT2D eigenvalue weighted by Gasteiger charge is -2.37. The molecule has 1 N–H and O–H groups in total. The number of carboxylic acid groups (broad SMARTS) is 1. The number of hydrogen-bond donors (Lipinski definition) is 1. The van der Waals surface area contributed by atoms with E-state index in [2.05, 4.69) is 4.98 Å². The van der Waals surface area contributed by atoms with Crippen LogP contribution < -0.4 is 0 Å². The number of nitrogens with zero attached hydrogens (tertiary/aromatic N) is 3. The molecule has 2 amide bonds. The standard InChI is InChI=1S/C28H37N3O7S/c1-17(2)22(14-23(37-18(3)32)24-29-21(16-39-24)26(34)35)31(27(36)38-28(4,5)6)13-9-12-30-15-19-10-7-8-11-20(19)25(30)33/h7-8,10-11,16-17,22-23H,9,12-15H2,1-6H3,(H,34,35). The molecule has 212 valence electrons. The topological polar surface area (TPSA) is 126 Å². The maximum atomic E-state index is 13.4. The Morgan fingerprint density at radius 3 is 2.46 bits per heavy atom. The molecule has 2 unspecified atom stereocenters. The zero-order valence-electron chi connectivity index (χ0n) is 23.3. The van der Waals surface area contributed by atoms with Crippen molar-refractivity contribution in [2.45, 2.75) is 78.7 Å². The van der Waals surface area contributed by atoms with E-state index in [4.69, 9.17) is 9.47 Å². The number of fused-ring (bicyclic) bond motifs is 1. The highest BCUT2D eigenvalue weighted by Gasteiger charge is 2.35. The predicted octanol–water partition coefficient (Wildman–Crippen LogP) is 5.14. The number of esters is 1. The Hall–Kier alpha value is -3.47. The molecule has 0 radical (unpaired) electrons. The summed E-state index contributed by atoms with van der Waals surface area (Å²) >= 11 is 1.09. The Kier molecular flexibility index (Phi) is 9.71. The first kappa shape index (κ1) is 30.1. The van der Waals surface area contributed by atoms with Gasteiger partial charge in [-0.2, -0.15) is 0 Å². The molecule has 3 rings (SSSR count). The molecular weight excluding hydrogens is 522 g/mol. The van der Waals surface area contributed by atoms with Crippen molar-refractivity contribution in [1.82, 2.24) is 14.8 Å². The number of carboxylic acids is 1. The molecule has 0 aliphatic carbocycles. The summed E-state index contributed by atoms with van der Waals surface area (Å²) in [4.78, 5) is 57.1. The lowest BCUT2D eigenvalue weighted by Crippen LogP contribution is -2.47. The monoisotopic (exact) mass is 559 g/mol. The third-order valence-corrected chi connectivity index (χ3v) is 7.24. The highest BCUT2D eigenvalue weighted by molar-refractivity contribution is 7.09. The van der Waals surface area contributed by atoms with E-state index in [-0.39, 0.29) is 23.9 Å². The quantitative estimate of drug-likeness (QED) is 0.375. The Morgan fingerprint density at radius 1 is 1.21 bits per heavy atom. The second kappa shape index (κ2) is 12.6. The van der Waals surface area contributed by atoms with Gasteiger partial charge in [-0.15, -0.1) is 11.3 Å². The Balaban J connectivity index is 1.81. The van der Waals surface area contributed by atoms with Crippen LogP contribution in [0, 0.1) is 5.92 Å². The number of benzene rings is 1. The van der Waals surface area contributed by atoms with Gasteiger partial charge < -0.3 is 24.4 Å². The fourth-order valence-corrected chi connectivity index (χ4v) is 5.39. The largest absolute Gasteiger partial charge is 0.476 e. The Bertz CT molecular complexity index is 1200. The first-order chi connectivity index (χ1) is 18.3. The minimum Gasteiger partial charge on any atom is -0.476 e. The summed E-state index contributed by atoms with van der Waals surface area (Å²) in [5.74, 6) is -1.80. The number of thiazole rings is 1. The number of carbonyl (C=O) groups excluding carboxylic acids is 3. The van der Waals surface area contributed by atoms with Gasteiger partial charge in [-0.05, 0) is 44.7 Å². The highest BCUT2D eigenvalue weighted by atomic mass is 32.1. The Labute approximate surface area is 232 Å². The van der Waals surface area contributed by atoms with E-state index in [9.17, 15) is 24.3 Å². The van der Waals surface area contributed by atoms with Gasteiger partial charge in [0.25, 0.3) is 5.91 Å².